The number of hydrogen-bond donors (Lipinski definition) is 1. The average molecular weight is 278 g/mol. The van der Waals surface area contributed by atoms with Crippen molar-refractivity contribution in [2.45, 2.75) is 66.0 Å². The number of nitrogens with one attached hydrogen (secondary N) is 1. The molecule has 1 aliphatic rings. The summed E-state index contributed by atoms with van der Waals surface area (Å²) in [5.74, 6) is 3.33. The van der Waals surface area contributed by atoms with Crippen molar-refractivity contribution in [3.8, 4) is 0 Å². The Morgan fingerprint density at radius 3 is 2.90 bits per heavy atom. The molecule has 3 unspecified atom stereocenters. The second-order valence-corrected chi connectivity index (χ2v) is 6.80. The van der Waals surface area contributed by atoms with E-state index in [4.69, 9.17) is 0 Å². The summed E-state index contributed by atoms with van der Waals surface area (Å²) in [5.41, 5.74) is 0. The number of aromatic nitrogens is 3. The van der Waals surface area contributed by atoms with Crippen LogP contribution in [-0.4, -0.2) is 27.4 Å². The molecule has 2 rings (SSSR count). The largest absolute Gasteiger partial charge is 0.314 e. The summed E-state index contributed by atoms with van der Waals surface area (Å²) in [7, 11) is 0. The third-order valence-electron chi connectivity index (χ3n) is 4.39. The SMILES string of the molecule is CCNC1CCC(C)CC1Cc1ncnn1CC(C)C. The fourth-order valence-corrected chi connectivity index (χ4v) is 3.43. The van der Waals surface area contributed by atoms with E-state index in [2.05, 4.69) is 47.8 Å². The second-order valence-electron chi connectivity index (χ2n) is 6.80. The van der Waals surface area contributed by atoms with Crippen LogP contribution in [-0.2, 0) is 13.0 Å². The summed E-state index contributed by atoms with van der Waals surface area (Å²) in [5, 5.41) is 8.07. The molecule has 0 amide bonds. The zero-order chi connectivity index (χ0) is 14.5. The molecule has 0 spiro atoms. The summed E-state index contributed by atoms with van der Waals surface area (Å²) in [4.78, 5) is 4.51. The molecule has 20 heavy (non-hydrogen) atoms. The van der Waals surface area contributed by atoms with Crippen LogP contribution in [0, 0.1) is 17.8 Å². The Morgan fingerprint density at radius 2 is 2.20 bits per heavy atom. The fourth-order valence-electron chi connectivity index (χ4n) is 3.43. The van der Waals surface area contributed by atoms with Gasteiger partial charge in [0.25, 0.3) is 0 Å². The highest BCUT2D eigenvalue weighted by atomic mass is 15.3. The van der Waals surface area contributed by atoms with Gasteiger partial charge in [0.05, 0.1) is 0 Å². The van der Waals surface area contributed by atoms with E-state index >= 15 is 0 Å². The number of nitrogens with zero attached hydrogens (tertiary/aromatic N) is 3. The van der Waals surface area contributed by atoms with Crippen LogP contribution in [0.15, 0.2) is 6.33 Å². The predicted octanol–water partition coefficient (Wildman–Crippen LogP) is 2.89. The van der Waals surface area contributed by atoms with Gasteiger partial charge < -0.3 is 5.32 Å². The summed E-state index contributed by atoms with van der Waals surface area (Å²) in [6, 6.07) is 0.653. The van der Waals surface area contributed by atoms with Crippen molar-refractivity contribution in [2.24, 2.45) is 17.8 Å². The quantitative estimate of drug-likeness (QED) is 0.870. The molecular weight excluding hydrogens is 248 g/mol. The van der Waals surface area contributed by atoms with Gasteiger partial charge in [0.2, 0.25) is 0 Å². The van der Waals surface area contributed by atoms with Crippen molar-refractivity contribution in [1.82, 2.24) is 20.1 Å². The van der Waals surface area contributed by atoms with Gasteiger partial charge in [-0.15, -0.1) is 0 Å². The van der Waals surface area contributed by atoms with Gasteiger partial charge >= 0.3 is 0 Å². The topological polar surface area (TPSA) is 42.7 Å². The first kappa shape index (κ1) is 15.5. The molecule has 0 aromatic carbocycles. The van der Waals surface area contributed by atoms with Gasteiger partial charge in [0.1, 0.15) is 12.2 Å². The first-order valence-corrected chi connectivity index (χ1v) is 8.20. The number of rotatable bonds is 6. The molecule has 4 heteroatoms. The van der Waals surface area contributed by atoms with Gasteiger partial charge in [0, 0.05) is 19.0 Å². The monoisotopic (exact) mass is 278 g/mol. The third-order valence-corrected chi connectivity index (χ3v) is 4.39. The van der Waals surface area contributed by atoms with Gasteiger partial charge in [-0.25, -0.2) is 9.67 Å². The standard InChI is InChI=1S/C16H30N4/c1-5-17-15-7-6-13(4)8-14(15)9-16-18-11-19-20(16)10-12(2)3/h11-15,17H,5-10H2,1-4H3. The molecule has 1 saturated carbocycles. The zero-order valence-electron chi connectivity index (χ0n) is 13.5. The molecule has 1 aromatic heterocycles. The van der Waals surface area contributed by atoms with E-state index in [0.29, 0.717) is 17.9 Å². The van der Waals surface area contributed by atoms with Gasteiger partial charge in [0.15, 0.2) is 0 Å². The molecule has 1 fully saturated rings. The van der Waals surface area contributed by atoms with E-state index in [1.807, 2.05) is 0 Å². The van der Waals surface area contributed by atoms with Crippen molar-refractivity contribution < 1.29 is 0 Å². The van der Waals surface area contributed by atoms with Gasteiger partial charge in [-0.3, -0.25) is 0 Å². The summed E-state index contributed by atoms with van der Waals surface area (Å²) in [6.07, 6.45) is 6.75. The lowest BCUT2D eigenvalue weighted by molar-refractivity contribution is 0.209. The van der Waals surface area contributed by atoms with Crippen LogP contribution in [0.4, 0.5) is 0 Å². The Labute approximate surface area is 123 Å². The van der Waals surface area contributed by atoms with Crippen LogP contribution in [0.2, 0.25) is 0 Å². The van der Waals surface area contributed by atoms with Crippen LogP contribution in [0.1, 0.15) is 52.8 Å². The highest BCUT2D eigenvalue weighted by molar-refractivity contribution is 4.93. The molecule has 1 aromatic rings. The average Bonchev–Trinajstić information content (AvgIpc) is 2.79. The molecule has 1 aliphatic carbocycles. The smallest absolute Gasteiger partial charge is 0.138 e. The van der Waals surface area contributed by atoms with Crippen LogP contribution < -0.4 is 5.32 Å². The summed E-state index contributed by atoms with van der Waals surface area (Å²) in [6.45, 7) is 11.1. The molecule has 0 bridgehead atoms. The highest BCUT2D eigenvalue weighted by Gasteiger charge is 2.29. The molecule has 0 aliphatic heterocycles. The van der Waals surface area contributed by atoms with Gasteiger partial charge in [-0.2, -0.15) is 5.10 Å². The van der Waals surface area contributed by atoms with Crippen LogP contribution in [0.25, 0.3) is 0 Å². The van der Waals surface area contributed by atoms with Crippen molar-refractivity contribution >= 4 is 0 Å². The Hall–Kier alpha value is -0.900. The molecule has 114 valence electrons. The minimum Gasteiger partial charge on any atom is -0.314 e. The van der Waals surface area contributed by atoms with E-state index in [1.165, 1.54) is 25.1 Å². The Balaban J connectivity index is 2.04. The normalized spacial score (nSPS) is 27.1. The minimum atomic E-state index is 0.616. The predicted molar refractivity (Wildman–Crippen MR) is 82.5 cm³/mol. The van der Waals surface area contributed by atoms with E-state index in [-0.39, 0.29) is 0 Å². The van der Waals surface area contributed by atoms with Crippen molar-refractivity contribution in [3.05, 3.63) is 12.2 Å². The van der Waals surface area contributed by atoms with E-state index in [0.717, 1.165) is 25.4 Å². The molecule has 0 saturated heterocycles. The number of hydrogen-bond acceptors (Lipinski definition) is 3. The van der Waals surface area contributed by atoms with Crippen molar-refractivity contribution in [3.63, 3.8) is 0 Å². The van der Waals surface area contributed by atoms with E-state index in [9.17, 15) is 0 Å². The molecule has 0 radical (unpaired) electrons. The third kappa shape index (κ3) is 4.05. The second kappa shape index (κ2) is 7.21. The maximum absolute atomic E-state index is 4.51. The lowest BCUT2D eigenvalue weighted by Crippen LogP contribution is -2.41. The Kier molecular flexibility index (Phi) is 5.58. The Bertz CT molecular complexity index is 399. The van der Waals surface area contributed by atoms with Crippen LogP contribution in [0.5, 0.6) is 0 Å². The first-order valence-electron chi connectivity index (χ1n) is 8.20. The molecule has 3 atom stereocenters. The lowest BCUT2D eigenvalue weighted by atomic mass is 9.77. The van der Waals surface area contributed by atoms with Gasteiger partial charge in [-0.1, -0.05) is 27.7 Å². The van der Waals surface area contributed by atoms with Gasteiger partial charge in [-0.05, 0) is 43.6 Å². The van der Waals surface area contributed by atoms with Crippen LogP contribution >= 0.6 is 0 Å². The molecular formula is C16H30N4. The Morgan fingerprint density at radius 1 is 1.40 bits per heavy atom. The van der Waals surface area contributed by atoms with Crippen molar-refractivity contribution in [1.29, 1.82) is 0 Å². The highest BCUT2D eigenvalue weighted by Crippen LogP contribution is 2.31. The van der Waals surface area contributed by atoms with E-state index < -0.39 is 0 Å². The molecule has 4 nitrogen and oxygen atoms in total. The maximum atomic E-state index is 4.51. The summed E-state index contributed by atoms with van der Waals surface area (Å²) < 4.78 is 2.10. The summed E-state index contributed by atoms with van der Waals surface area (Å²) >= 11 is 0. The molecule has 1 heterocycles. The first-order chi connectivity index (χ1) is 9.60. The zero-order valence-corrected chi connectivity index (χ0v) is 13.5. The van der Waals surface area contributed by atoms with E-state index in [1.54, 1.807) is 6.33 Å². The minimum absolute atomic E-state index is 0.616. The maximum Gasteiger partial charge on any atom is 0.138 e. The van der Waals surface area contributed by atoms with Crippen molar-refractivity contribution in [2.75, 3.05) is 6.54 Å². The van der Waals surface area contributed by atoms with Crippen LogP contribution in [0.3, 0.4) is 0 Å². The molecule has 1 N–H and O–H groups in total. The lowest BCUT2D eigenvalue weighted by Gasteiger charge is -2.35. The fraction of sp³-hybridized carbons (Fsp3) is 0.875.